The molecule has 19 heavy (non-hydrogen) atoms. The second-order valence-corrected chi connectivity index (χ2v) is 6.22. The third-order valence-electron chi connectivity index (χ3n) is 4.58. The van der Waals surface area contributed by atoms with Crippen LogP contribution < -0.4 is 5.32 Å². The van der Waals surface area contributed by atoms with Gasteiger partial charge in [-0.3, -0.25) is 0 Å². The lowest BCUT2D eigenvalue weighted by Gasteiger charge is -2.36. The molecular formula is C14H25F3N2. The van der Waals surface area contributed by atoms with Crippen LogP contribution in [0, 0.1) is 11.8 Å². The monoisotopic (exact) mass is 278 g/mol. The highest BCUT2D eigenvalue weighted by molar-refractivity contribution is 4.86. The van der Waals surface area contributed by atoms with Crippen molar-refractivity contribution in [2.75, 3.05) is 26.7 Å². The molecule has 0 aromatic carbocycles. The molecule has 1 saturated carbocycles. The van der Waals surface area contributed by atoms with Crippen LogP contribution in [0.3, 0.4) is 0 Å². The summed E-state index contributed by atoms with van der Waals surface area (Å²) in [5, 5.41) is 3.22. The van der Waals surface area contributed by atoms with Gasteiger partial charge in [-0.2, -0.15) is 13.2 Å². The fourth-order valence-electron chi connectivity index (χ4n) is 3.52. The molecule has 112 valence electrons. The second-order valence-electron chi connectivity index (χ2n) is 6.22. The molecule has 0 radical (unpaired) electrons. The van der Waals surface area contributed by atoms with Crippen LogP contribution in [0.25, 0.3) is 0 Å². The molecule has 1 saturated heterocycles. The largest absolute Gasteiger partial charge is 0.393 e. The Hall–Kier alpha value is -0.290. The van der Waals surface area contributed by atoms with Crippen LogP contribution in [-0.2, 0) is 0 Å². The molecule has 1 heterocycles. The van der Waals surface area contributed by atoms with E-state index in [1.165, 1.54) is 0 Å². The lowest BCUT2D eigenvalue weighted by molar-refractivity contribution is -0.189. The van der Waals surface area contributed by atoms with Gasteiger partial charge in [-0.1, -0.05) is 12.8 Å². The minimum Gasteiger partial charge on any atom is -0.313 e. The van der Waals surface area contributed by atoms with Gasteiger partial charge in [0, 0.05) is 12.6 Å². The van der Waals surface area contributed by atoms with Crippen molar-refractivity contribution < 1.29 is 13.2 Å². The van der Waals surface area contributed by atoms with Crippen molar-refractivity contribution in [3.63, 3.8) is 0 Å². The van der Waals surface area contributed by atoms with Crippen LogP contribution in [0.5, 0.6) is 0 Å². The molecule has 3 atom stereocenters. The Bertz CT molecular complexity index is 280. The maximum Gasteiger partial charge on any atom is 0.393 e. The summed E-state index contributed by atoms with van der Waals surface area (Å²) in [7, 11) is 2.09. The summed E-state index contributed by atoms with van der Waals surface area (Å²) < 4.78 is 38.9. The lowest BCUT2D eigenvalue weighted by Crippen LogP contribution is -2.48. The Balaban J connectivity index is 1.82. The Morgan fingerprint density at radius 1 is 1.11 bits per heavy atom. The van der Waals surface area contributed by atoms with E-state index < -0.39 is 12.1 Å². The summed E-state index contributed by atoms with van der Waals surface area (Å²) in [6.07, 6.45) is 0.875. The van der Waals surface area contributed by atoms with Crippen LogP contribution in [0.4, 0.5) is 13.2 Å². The van der Waals surface area contributed by atoms with E-state index in [1.807, 2.05) is 0 Å². The topological polar surface area (TPSA) is 15.3 Å². The summed E-state index contributed by atoms with van der Waals surface area (Å²) in [6.45, 7) is 2.86. The van der Waals surface area contributed by atoms with Gasteiger partial charge in [0.1, 0.15) is 0 Å². The minimum atomic E-state index is -4.04. The molecule has 1 aliphatic carbocycles. The zero-order chi connectivity index (χ0) is 13.9. The maximum absolute atomic E-state index is 13.0. The highest BCUT2D eigenvalue weighted by Gasteiger charge is 2.45. The molecule has 0 aromatic heterocycles. The summed E-state index contributed by atoms with van der Waals surface area (Å²) in [6, 6.07) is -0.360. The number of nitrogens with zero attached hydrogens (tertiary/aromatic N) is 1. The first-order valence-corrected chi connectivity index (χ1v) is 7.45. The number of alkyl halides is 3. The van der Waals surface area contributed by atoms with Crippen LogP contribution in [0.15, 0.2) is 0 Å². The standard InChI is InChI=1S/C14H25F3N2/c1-19-8-4-5-11(10-19)9-18-13-7-3-2-6-12(13)14(15,16)17/h11-13,18H,2-10H2,1H3. The van der Waals surface area contributed by atoms with Gasteiger partial charge in [0.05, 0.1) is 5.92 Å². The number of rotatable bonds is 3. The number of likely N-dealkylation sites (tertiary alicyclic amines) is 1. The Kier molecular flexibility index (Phi) is 5.12. The quantitative estimate of drug-likeness (QED) is 0.853. The zero-order valence-electron chi connectivity index (χ0n) is 11.7. The van der Waals surface area contributed by atoms with E-state index in [4.69, 9.17) is 0 Å². The number of piperidine rings is 1. The minimum absolute atomic E-state index is 0.297. The Morgan fingerprint density at radius 3 is 2.53 bits per heavy atom. The van der Waals surface area contributed by atoms with Gasteiger partial charge in [0.25, 0.3) is 0 Å². The molecule has 5 heteroatoms. The van der Waals surface area contributed by atoms with E-state index in [9.17, 15) is 13.2 Å². The van der Waals surface area contributed by atoms with E-state index in [0.29, 0.717) is 25.2 Å². The predicted octanol–water partition coefficient (Wildman–Crippen LogP) is 3.04. The predicted molar refractivity (Wildman–Crippen MR) is 70.0 cm³/mol. The van der Waals surface area contributed by atoms with Crippen molar-refractivity contribution in [2.45, 2.75) is 50.7 Å². The summed E-state index contributed by atoms with van der Waals surface area (Å²) in [5.41, 5.74) is 0. The number of hydrogen-bond acceptors (Lipinski definition) is 2. The molecular weight excluding hydrogens is 253 g/mol. The highest BCUT2D eigenvalue weighted by Crippen LogP contribution is 2.37. The lowest BCUT2D eigenvalue weighted by atomic mass is 9.83. The maximum atomic E-state index is 13.0. The van der Waals surface area contributed by atoms with Crippen LogP contribution in [-0.4, -0.2) is 43.8 Å². The zero-order valence-corrected chi connectivity index (χ0v) is 11.7. The molecule has 1 aliphatic heterocycles. The molecule has 3 unspecified atom stereocenters. The van der Waals surface area contributed by atoms with E-state index in [-0.39, 0.29) is 6.04 Å². The fourth-order valence-corrected chi connectivity index (χ4v) is 3.52. The van der Waals surface area contributed by atoms with E-state index in [1.54, 1.807) is 0 Å². The van der Waals surface area contributed by atoms with E-state index in [0.717, 1.165) is 38.9 Å². The first kappa shape index (κ1) is 15.1. The third-order valence-corrected chi connectivity index (χ3v) is 4.58. The number of hydrogen-bond donors (Lipinski definition) is 1. The van der Waals surface area contributed by atoms with Gasteiger partial charge in [-0.05, 0) is 51.7 Å². The average molecular weight is 278 g/mol. The highest BCUT2D eigenvalue weighted by atomic mass is 19.4. The molecule has 2 fully saturated rings. The van der Waals surface area contributed by atoms with Gasteiger partial charge in [-0.15, -0.1) is 0 Å². The van der Waals surface area contributed by atoms with Gasteiger partial charge in [0.2, 0.25) is 0 Å². The molecule has 2 rings (SSSR count). The molecule has 0 bridgehead atoms. The van der Waals surface area contributed by atoms with Crippen molar-refractivity contribution in [2.24, 2.45) is 11.8 Å². The van der Waals surface area contributed by atoms with Gasteiger partial charge in [-0.25, -0.2) is 0 Å². The van der Waals surface area contributed by atoms with Gasteiger partial charge in [0.15, 0.2) is 0 Å². The Labute approximate surface area is 113 Å². The molecule has 2 aliphatic rings. The summed E-state index contributed by atoms with van der Waals surface area (Å²) in [5.74, 6) is -0.628. The van der Waals surface area contributed by atoms with Crippen LogP contribution >= 0.6 is 0 Å². The Morgan fingerprint density at radius 2 is 1.84 bits per heavy atom. The van der Waals surface area contributed by atoms with E-state index >= 15 is 0 Å². The number of nitrogens with one attached hydrogen (secondary N) is 1. The van der Waals surface area contributed by atoms with Crippen LogP contribution in [0.2, 0.25) is 0 Å². The van der Waals surface area contributed by atoms with Crippen molar-refractivity contribution in [3.05, 3.63) is 0 Å². The van der Waals surface area contributed by atoms with Crippen molar-refractivity contribution in [1.82, 2.24) is 10.2 Å². The molecule has 2 nitrogen and oxygen atoms in total. The molecule has 1 N–H and O–H groups in total. The van der Waals surface area contributed by atoms with Gasteiger partial charge < -0.3 is 10.2 Å². The molecule has 0 spiro atoms. The van der Waals surface area contributed by atoms with Crippen molar-refractivity contribution >= 4 is 0 Å². The second kappa shape index (κ2) is 6.44. The van der Waals surface area contributed by atoms with Gasteiger partial charge >= 0.3 is 6.18 Å². The summed E-state index contributed by atoms with van der Waals surface area (Å²) in [4.78, 5) is 2.28. The van der Waals surface area contributed by atoms with Crippen LogP contribution in [0.1, 0.15) is 38.5 Å². The molecule has 0 aromatic rings. The molecule has 0 amide bonds. The fraction of sp³-hybridized carbons (Fsp3) is 1.00. The smallest absolute Gasteiger partial charge is 0.313 e. The first-order valence-electron chi connectivity index (χ1n) is 7.45. The normalized spacial score (nSPS) is 34.4. The van der Waals surface area contributed by atoms with Crippen molar-refractivity contribution in [3.8, 4) is 0 Å². The SMILES string of the molecule is CN1CCCC(CNC2CCCCC2C(F)(F)F)C1. The third kappa shape index (κ3) is 4.35. The van der Waals surface area contributed by atoms with Crippen molar-refractivity contribution in [1.29, 1.82) is 0 Å². The van der Waals surface area contributed by atoms with E-state index in [2.05, 4.69) is 17.3 Å². The number of halogens is 3. The summed E-state index contributed by atoms with van der Waals surface area (Å²) >= 11 is 0. The first-order chi connectivity index (χ1) is 8.97. The average Bonchev–Trinajstić information content (AvgIpc) is 2.36.